The number of aromatic nitrogens is 2. The first-order chi connectivity index (χ1) is 6.29. The van der Waals surface area contributed by atoms with Gasteiger partial charge in [-0.15, -0.1) is 6.58 Å². The van der Waals surface area contributed by atoms with E-state index in [0.717, 1.165) is 13.0 Å². The average Bonchev–Trinajstić information content (AvgIpc) is 2.51. The number of aryl methyl sites for hydroxylation is 1. The van der Waals surface area contributed by atoms with Crippen LogP contribution in [0.4, 0.5) is 0 Å². The summed E-state index contributed by atoms with van der Waals surface area (Å²) in [6.45, 7) is 6.82. The molecule has 0 saturated carbocycles. The van der Waals surface area contributed by atoms with Gasteiger partial charge in [0.15, 0.2) is 0 Å². The van der Waals surface area contributed by atoms with Crippen molar-refractivity contribution in [3.63, 3.8) is 0 Å². The van der Waals surface area contributed by atoms with Gasteiger partial charge >= 0.3 is 0 Å². The maximum atomic E-state index is 4.14. The molecule has 0 bridgehead atoms. The fraction of sp³-hybridized carbons (Fsp3) is 0.500. The van der Waals surface area contributed by atoms with Crippen LogP contribution in [0.3, 0.4) is 0 Å². The fourth-order valence-corrected chi connectivity index (χ4v) is 1.45. The minimum Gasteiger partial charge on any atom is -0.309 e. The highest BCUT2D eigenvalue weighted by Crippen LogP contribution is 2.15. The Kier molecular flexibility index (Phi) is 3.71. The van der Waals surface area contributed by atoms with E-state index in [1.165, 1.54) is 5.69 Å². The lowest BCUT2D eigenvalue weighted by Crippen LogP contribution is -2.22. The predicted molar refractivity (Wildman–Crippen MR) is 54.4 cm³/mol. The SMILES string of the molecule is C=CCC(NCC)c1ccnn1C. The molecule has 1 atom stereocenters. The molecule has 1 unspecified atom stereocenters. The van der Waals surface area contributed by atoms with Crippen molar-refractivity contribution in [2.45, 2.75) is 19.4 Å². The summed E-state index contributed by atoms with van der Waals surface area (Å²) in [4.78, 5) is 0. The highest BCUT2D eigenvalue weighted by molar-refractivity contribution is 5.07. The number of hydrogen-bond acceptors (Lipinski definition) is 2. The average molecular weight is 179 g/mol. The lowest BCUT2D eigenvalue weighted by atomic mass is 10.1. The van der Waals surface area contributed by atoms with E-state index in [1.54, 1.807) is 0 Å². The molecule has 3 nitrogen and oxygen atoms in total. The molecule has 0 radical (unpaired) electrons. The summed E-state index contributed by atoms with van der Waals surface area (Å²) in [5.41, 5.74) is 1.21. The first-order valence-corrected chi connectivity index (χ1v) is 4.61. The van der Waals surface area contributed by atoms with E-state index < -0.39 is 0 Å². The van der Waals surface area contributed by atoms with Crippen LogP contribution in [-0.4, -0.2) is 16.3 Å². The molecule has 0 fully saturated rings. The topological polar surface area (TPSA) is 29.9 Å². The Morgan fingerprint density at radius 1 is 1.77 bits per heavy atom. The van der Waals surface area contributed by atoms with Gasteiger partial charge in [-0.1, -0.05) is 13.0 Å². The van der Waals surface area contributed by atoms with Crippen molar-refractivity contribution in [3.8, 4) is 0 Å². The summed E-state index contributed by atoms with van der Waals surface area (Å²) in [6.07, 6.45) is 4.69. The Bertz CT molecular complexity index is 265. The quantitative estimate of drug-likeness (QED) is 0.696. The van der Waals surface area contributed by atoms with Crippen LogP contribution >= 0.6 is 0 Å². The summed E-state index contributed by atoms with van der Waals surface area (Å²) < 4.78 is 1.90. The van der Waals surface area contributed by atoms with Gasteiger partial charge in [-0.3, -0.25) is 4.68 Å². The molecule has 0 aromatic carbocycles. The molecule has 0 spiro atoms. The van der Waals surface area contributed by atoms with Crippen LogP contribution in [0.1, 0.15) is 25.1 Å². The van der Waals surface area contributed by atoms with Crippen molar-refractivity contribution in [3.05, 3.63) is 30.6 Å². The summed E-state index contributed by atoms with van der Waals surface area (Å²) >= 11 is 0. The molecule has 1 heterocycles. The molecule has 0 amide bonds. The molecule has 0 aliphatic rings. The van der Waals surface area contributed by atoms with Gasteiger partial charge in [0.25, 0.3) is 0 Å². The number of nitrogens with zero attached hydrogens (tertiary/aromatic N) is 2. The van der Waals surface area contributed by atoms with Gasteiger partial charge in [0.1, 0.15) is 0 Å². The molecule has 13 heavy (non-hydrogen) atoms. The third-order valence-electron chi connectivity index (χ3n) is 2.07. The third-order valence-corrected chi connectivity index (χ3v) is 2.07. The molecule has 0 aliphatic carbocycles. The molecule has 1 N–H and O–H groups in total. The number of nitrogens with one attached hydrogen (secondary N) is 1. The monoisotopic (exact) mass is 179 g/mol. The van der Waals surface area contributed by atoms with Crippen LogP contribution < -0.4 is 5.32 Å². The van der Waals surface area contributed by atoms with E-state index >= 15 is 0 Å². The molecular formula is C10H17N3. The van der Waals surface area contributed by atoms with E-state index in [0.29, 0.717) is 6.04 Å². The van der Waals surface area contributed by atoms with Gasteiger partial charge in [-0.2, -0.15) is 5.10 Å². The van der Waals surface area contributed by atoms with Gasteiger partial charge in [-0.25, -0.2) is 0 Å². The van der Waals surface area contributed by atoms with Crippen molar-refractivity contribution in [1.82, 2.24) is 15.1 Å². The molecule has 0 saturated heterocycles. The third kappa shape index (κ3) is 2.42. The second kappa shape index (κ2) is 4.82. The summed E-state index contributed by atoms with van der Waals surface area (Å²) in [5, 5.41) is 7.54. The van der Waals surface area contributed by atoms with E-state index in [1.807, 2.05) is 30.1 Å². The van der Waals surface area contributed by atoms with E-state index in [4.69, 9.17) is 0 Å². The number of hydrogen-bond donors (Lipinski definition) is 1. The predicted octanol–water partition coefficient (Wildman–Crippen LogP) is 1.65. The van der Waals surface area contributed by atoms with Gasteiger partial charge in [-0.05, 0) is 19.0 Å². The van der Waals surface area contributed by atoms with Crippen molar-refractivity contribution in [2.24, 2.45) is 7.05 Å². The lowest BCUT2D eigenvalue weighted by molar-refractivity contribution is 0.515. The Morgan fingerprint density at radius 2 is 2.54 bits per heavy atom. The normalized spacial score (nSPS) is 12.8. The van der Waals surface area contributed by atoms with Gasteiger partial charge in [0.05, 0.1) is 11.7 Å². The zero-order valence-corrected chi connectivity index (χ0v) is 8.33. The fourth-order valence-electron chi connectivity index (χ4n) is 1.45. The summed E-state index contributed by atoms with van der Waals surface area (Å²) in [5.74, 6) is 0. The Morgan fingerprint density at radius 3 is 3.00 bits per heavy atom. The van der Waals surface area contributed by atoms with Gasteiger partial charge in [0.2, 0.25) is 0 Å². The van der Waals surface area contributed by atoms with E-state index in [9.17, 15) is 0 Å². The van der Waals surface area contributed by atoms with Gasteiger partial charge < -0.3 is 5.32 Å². The van der Waals surface area contributed by atoms with Crippen LogP contribution in [0.2, 0.25) is 0 Å². The van der Waals surface area contributed by atoms with E-state index in [2.05, 4.69) is 23.9 Å². The maximum absolute atomic E-state index is 4.14. The van der Waals surface area contributed by atoms with Crippen LogP contribution in [0.25, 0.3) is 0 Å². The van der Waals surface area contributed by atoms with Gasteiger partial charge in [0, 0.05) is 13.2 Å². The zero-order valence-electron chi connectivity index (χ0n) is 8.33. The highest BCUT2D eigenvalue weighted by Gasteiger charge is 2.11. The van der Waals surface area contributed by atoms with Crippen molar-refractivity contribution in [2.75, 3.05) is 6.54 Å². The molecular weight excluding hydrogens is 162 g/mol. The first-order valence-electron chi connectivity index (χ1n) is 4.61. The standard InChI is InChI=1S/C10H17N3/c1-4-6-9(11-5-2)10-7-8-12-13(10)3/h4,7-9,11H,1,5-6H2,2-3H3. The molecule has 1 aromatic heterocycles. The van der Waals surface area contributed by atoms with Crippen molar-refractivity contribution in [1.29, 1.82) is 0 Å². The molecule has 72 valence electrons. The minimum absolute atomic E-state index is 0.343. The second-order valence-electron chi connectivity index (χ2n) is 3.01. The van der Waals surface area contributed by atoms with E-state index in [-0.39, 0.29) is 0 Å². The van der Waals surface area contributed by atoms with Crippen molar-refractivity contribution >= 4 is 0 Å². The smallest absolute Gasteiger partial charge is 0.0553 e. The number of rotatable bonds is 5. The Hall–Kier alpha value is -1.09. The lowest BCUT2D eigenvalue weighted by Gasteiger charge is -2.15. The van der Waals surface area contributed by atoms with Crippen molar-refractivity contribution < 1.29 is 0 Å². The second-order valence-corrected chi connectivity index (χ2v) is 3.01. The molecule has 0 aliphatic heterocycles. The molecule has 1 rings (SSSR count). The zero-order chi connectivity index (χ0) is 9.68. The van der Waals surface area contributed by atoms with Crippen LogP contribution in [0, 0.1) is 0 Å². The largest absolute Gasteiger partial charge is 0.309 e. The molecule has 3 heteroatoms. The van der Waals surface area contributed by atoms with Crippen LogP contribution in [0.5, 0.6) is 0 Å². The molecule has 1 aromatic rings. The van der Waals surface area contributed by atoms with Crippen LogP contribution in [-0.2, 0) is 7.05 Å². The Balaban J connectivity index is 2.74. The Labute approximate surface area is 79.5 Å². The summed E-state index contributed by atoms with van der Waals surface area (Å²) in [7, 11) is 1.96. The maximum Gasteiger partial charge on any atom is 0.0553 e. The first kappa shape index (κ1) is 9.99. The summed E-state index contributed by atoms with van der Waals surface area (Å²) in [6, 6.07) is 2.38. The minimum atomic E-state index is 0.343. The van der Waals surface area contributed by atoms with Crippen LogP contribution in [0.15, 0.2) is 24.9 Å². The highest BCUT2D eigenvalue weighted by atomic mass is 15.3.